The van der Waals surface area contributed by atoms with Crippen LogP contribution in [-0.2, 0) is 4.79 Å². The van der Waals surface area contributed by atoms with E-state index in [1.807, 2.05) is 43.0 Å². The summed E-state index contributed by atoms with van der Waals surface area (Å²) in [5.41, 5.74) is 0.925. The Morgan fingerprint density at radius 1 is 1.09 bits per heavy atom. The van der Waals surface area contributed by atoms with Crippen molar-refractivity contribution in [1.82, 2.24) is 4.90 Å². The van der Waals surface area contributed by atoms with Gasteiger partial charge in [0.25, 0.3) is 0 Å². The fraction of sp³-hybridized carbons (Fsp3) is 0.632. The summed E-state index contributed by atoms with van der Waals surface area (Å²) in [7, 11) is 0. The number of ether oxygens (including phenoxy) is 1. The number of rotatable bonds is 12. The van der Waals surface area contributed by atoms with Crippen LogP contribution in [0.15, 0.2) is 24.3 Å². The Kier molecular flexibility index (Phi) is 9.92. The lowest BCUT2D eigenvalue weighted by molar-refractivity contribution is -0.128. The Hall–Kier alpha value is -1.71. The number of amides is 1. The predicted octanol–water partition coefficient (Wildman–Crippen LogP) is 4.32. The molecule has 0 aromatic heterocycles. The highest BCUT2D eigenvalue weighted by molar-refractivity contribution is 5.80. The van der Waals surface area contributed by atoms with E-state index >= 15 is 0 Å². The van der Waals surface area contributed by atoms with Crippen LogP contribution in [0.3, 0.4) is 0 Å². The minimum absolute atomic E-state index is 0.122. The lowest BCUT2D eigenvalue weighted by Gasteiger charge is -2.19. The van der Waals surface area contributed by atoms with E-state index < -0.39 is 0 Å². The van der Waals surface area contributed by atoms with Gasteiger partial charge in [-0.3, -0.25) is 4.79 Å². The predicted molar refractivity (Wildman–Crippen MR) is 97.1 cm³/mol. The van der Waals surface area contributed by atoms with E-state index in [0.717, 1.165) is 37.6 Å². The molecule has 0 fully saturated rings. The van der Waals surface area contributed by atoms with Crippen molar-refractivity contribution in [2.24, 2.45) is 0 Å². The maximum absolute atomic E-state index is 12.0. The molecule has 130 valence electrons. The van der Waals surface area contributed by atoms with E-state index in [2.05, 4.69) is 12.2 Å². The van der Waals surface area contributed by atoms with Gasteiger partial charge in [-0.25, -0.2) is 0 Å². The van der Waals surface area contributed by atoms with Crippen molar-refractivity contribution in [1.29, 1.82) is 0 Å². The van der Waals surface area contributed by atoms with Crippen LogP contribution in [0.1, 0.15) is 52.9 Å². The van der Waals surface area contributed by atoms with Gasteiger partial charge in [-0.15, -0.1) is 0 Å². The van der Waals surface area contributed by atoms with Crippen molar-refractivity contribution < 1.29 is 9.53 Å². The Morgan fingerprint density at radius 2 is 1.83 bits per heavy atom. The molecule has 1 N–H and O–H groups in total. The molecule has 0 heterocycles. The van der Waals surface area contributed by atoms with Gasteiger partial charge < -0.3 is 15.0 Å². The van der Waals surface area contributed by atoms with Crippen molar-refractivity contribution in [3.05, 3.63) is 24.3 Å². The van der Waals surface area contributed by atoms with Crippen molar-refractivity contribution in [3.63, 3.8) is 0 Å². The van der Waals surface area contributed by atoms with Gasteiger partial charge in [0.2, 0.25) is 5.91 Å². The smallest absolute Gasteiger partial charge is 0.241 e. The van der Waals surface area contributed by atoms with Crippen molar-refractivity contribution in [2.75, 3.05) is 31.6 Å². The normalized spacial score (nSPS) is 10.4. The fourth-order valence-corrected chi connectivity index (χ4v) is 2.46. The molecule has 0 bridgehead atoms. The topological polar surface area (TPSA) is 41.6 Å². The van der Waals surface area contributed by atoms with E-state index in [1.165, 1.54) is 25.7 Å². The third kappa shape index (κ3) is 7.91. The Balaban J connectivity index is 2.34. The summed E-state index contributed by atoms with van der Waals surface area (Å²) in [6, 6.07) is 7.84. The molecule has 1 amide bonds. The van der Waals surface area contributed by atoms with E-state index in [-0.39, 0.29) is 5.91 Å². The highest BCUT2D eigenvalue weighted by Crippen LogP contribution is 2.17. The third-order valence-corrected chi connectivity index (χ3v) is 3.91. The number of hydrogen-bond donors (Lipinski definition) is 1. The average molecular weight is 320 g/mol. The van der Waals surface area contributed by atoms with Gasteiger partial charge in [-0.05, 0) is 32.4 Å². The molecule has 0 saturated carbocycles. The van der Waals surface area contributed by atoms with Crippen molar-refractivity contribution >= 4 is 11.6 Å². The Labute approximate surface area is 141 Å². The van der Waals surface area contributed by atoms with Gasteiger partial charge in [0.05, 0.1) is 13.2 Å². The molecule has 23 heavy (non-hydrogen) atoms. The average Bonchev–Trinajstić information content (AvgIpc) is 2.57. The summed E-state index contributed by atoms with van der Waals surface area (Å²) in [5, 5.41) is 3.18. The number of carbonyl (C=O) groups excluding carboxylic acids is 1. The number of likely N-dealkylation sites (N-methyl/N-ethyl adjacent to an activating group) is 1. The molecule has 1 aromatic rings. The molecular weight excluding hydrogens is 288 g/mol. The summed E-state index contributed by atoms with van der Waals surface area (Å²) < 4.78 is 5.79. The van der Waals surface area contributed by atoms with Gasteiger partial charge in [-0.1, -0.05) is 38.7 Å². The van der Waals surface area contributed by atoms with Crippen molar-refractivity contribution in [3.8, 4) is 5.75 Å². The van der Waals surface area contributed by atoms with E-state index in [4.69, 9.17) is 4.74 Å². The van der Waals surface area contributed by atoms with Gasteiger partial charge in [0, 0.05) is 24.8 Å². The molecule has 0 aliphatic carbocycles. The standard InChI is InChI=1S/C19H32N2O2/c1-4-7-8-9-10-14-23-18-13-11-12-17(15-18)20-16-19(22)21(5-2)6-3/h11-13,15,20H,4-10,14,16H2,1-3H3. The molecule has 4 nitrogen and oxygen atoms in total. The second-order valence-corrected chi connectivity index (χ2v) is 5.71. The molecule has 0 aliphatic rings. The summed E-state index contributed by atoms with van der Waals surface area (Å²) in [6.07, 6.45) is 6.18. The zero-order valence-electron chi connectivity index (χ0n) is 14.9. The number of nitrogens with one attached hydrogen (secondary N) is 1. The summed E-state index contributed by atoms with van der Waals surface area (Å²) >= 11 is 0. The number of carbonyl (C=O) groups is 1. The first-order chi connectivity index (χ1) is 11.2. The van der Waals surface area contributed by atoms with E-state index in [1.54, 1.807) is 0 Å². The van der Waals surface area contributed by atoms with Gasteiger partial charge >= 0.3 is 0 Å². The largest absolute Gasteiger partial charge is 0.494 e. The molecule has 0 aliphatic heterocycles. The fourth-order valence-electron chi connectivity index (χ4n) is 2.46. The highest BCUT2D eigenvalue weighted by atomic mass is 16.5. The maximum atomic E-state index is 12.0. The van der Waals surface area contributed by atoms with Gasteiger partial charge in [-0.2, -0.15) is 0 Å². The quantitative estimate of drug-likeness (QED) is 0.583. The third-order valence-electron chi connectivity index (χ3n) is 3.91. The molecule has 0 atom stereocenters. The minimum Gasteiger partial charge on any atom is -0.494 e. The van der Waals surface area contributed by atoms with Crippen LogP contribution < -0.4 is 10.1 Å². The number of hydrogen-bond acceptors (Lipinski definition) is 3. The minimum atomic E-state index is 0.122. The highest BCUT2D eigenvalue weighted by Gasteiger charge is 2.08. The zero-order chi connectivity index (χ0) is 16.9. The van der Waals surface area contributed by atoms with Crippen LogP contribution in [0.4, 0.5) is 5.69 Å². The first kappa shape index (κ1) is 19.3. The number of nitrogens with zero attached hydrogens (tertiary/aromatic N) is 1. The maximum Gasteiger partial charge on any atom is 0.241 e. The SMILES string of the molecule is CCCCCCCOc1cccc(NCC(=O)N(CC)CC)c1. The number of unbranched alkanes of at least 4 members (excludes halogenated alkanes) is 4. The molecule has 0 radical (unpaired) electrons. The lowest BCUT2D eigenvalue weighted by atomic mass is 10.2. The second-order valence-electron chi connectivity index (χ2n) is 5.71. The first-order valence-corrected chi connectivity index (χ1v) is 8.95. The lowest BCUT2D eigenvalue weighted by Crippen LogP contribution is -2.35. The molecule has 4 heteroatoms. The molecule has 1 rings (SSSR count). The molecule has 1 aromatic carbocycles. The van der Waals surface area contributed by atoms with Crippen LogP contribution in [0.2, 0.25) is 0 Å². The number of benzene rings is 1. The second kappa shape index (κ2) is 11.8. The van der Waals surface area contributed by atoms with Gasteiger partial charge in [0.1, 0.15) is 5.75 Å². The summed E-state index contributed by atoms with van der Waals surface area (Å²) in [6.45, 7) is 8.79. The first-order valence-electron chi connectivity index (χ1n) is 8.95. The van der Waals surface area contributed by atoms with E-state index in [9.17, 15) is 4.79 Å². The Morgan fingerprint density at radius 3 is 2.52 bits per heavy atom. The van der Waals surface area contributed by atoms with E-state index in [0.29, 0.717) is 6.54 Å². The monoisotopic (exact) mass is 320 g/mol. The van der Waals surface area contributed by atoms with Crippen LogP contribution in [0, 0.1) is 0 Å². The van der Waals surface area contributed by atoms with Crippen LogP contribution in [0.5, 0.6) is 5.75 Å². The number of anilines is 1. The zero-order valence-corrected chi connectivity index (χ0v) is 14.9. The van der Waals surface area contributed by atoms with Crippen molar-refractivity contribution in [2.45, 2.75) is 52.9 Å². The summed E-state index contributed by atoms with van der Waals surface area (Å²) in [4.78, 5) is 13.8. The Bertz CT molecular complexity index is 445. The van der Waals surface area contributed by atoms with Crippen LogP contribution in [-0.4, -0.2) is 37.0 Å². The summed E-state index contributed by atoms with van der Waals surface area (Å²) in [5.74, 6) is 0.984. The van der Waals surface area contributed by atoms with Crippen LogP contribution in [0.25, 0.3) is 0 Å². The molecule has 0 unspecified atom stereocenters. The van der Waals surface area contributed by atoms with Crippen LogP contribution >= 0.6 is 0 Å². The molecule has 0 spiro atoms. The molecular formula is C19H32N2O2. The molecule has 0 saturated heterocycles. The van der Waals surface area contributed by atoms with Gasteiger partial charge in [0.15, 0.2) is 0 Å².